The van der Waals surface area contributed by atoms with Gasteiger partial charge in [0.05, 0.1) is 12.1 Å². The van der Waals surface area contributed by atoms with Crippen molar-refractivity contribution in [2.45, 2.75) is 44.2 Å². The van der Waals surface area contributed by atoms with Gasteiger partial charge in [-0.2, -0.15) is 0 Å². The van der Waals surface area contributed by atoms with E-state index >= 15 is 0 Å². The van der Waals surface area contributed by atoms with Crippen LogP contribution in [-0.4, -0.2) is 48.0 Å². The number of hydrogen-bond donors (Lipinski definition) is 1. The van der Waals surface area contributed by atoms with Gasteiger partial charge < -0.3 is 14.7 Å². The molecule has 0 saturated carbocycles. The number of para-hydroxylation sites is 1. The first-order valence-electron chi connectivity index (χ1n) is 10.4. The molecule has 0 spiro atoms. The lowest BCUT2D eigenvalue weighted by molar-refractivity contribution is -0.274. The maximum absolute atomic E-state index is 13.0. The van der Waals surface area contributed by atoms with Gasteiger partial charge in [0.1, 0.15) is 5.75 Å². The van der Waals surface area contributed by atoms with E-state index in [2.05, 4.69) is 4.74 Å². The molecule has 4 rings (SSSR count). The molecule has 5 nitrogen and oxygen atoms in total. The second kappa shape index (κ2) is 8.16. The summed E-state index contributed by atoms with van der Waals surface area (Å²) in [6.45, 7) is 3.21. The Morgan fingerprint density at radius 1 is 1.16 bits per heavy atom. The molecule has 166 valence electrons. The molecule has 8 heteroatoms. The summed E-state index contributed by atoms with van der Waals surface area (Å²) in [6.07, 6.45) is -3.31. The maximum atomic E-state index is 13.0. The number of carbonyl (C=O) groups excluding carboxylic acids is 1. The van der Waals surface area contributed by atoms with Crippen molar-refractivity contribution in [3.05, 3.63) is 59.7 Å². The predicted octanol–water partition coefficient (Wildman–Crippen LogP) is 3.85. The molecule has 2 aliphatic rings. The lowest BCUT2D eigenvalue weighted by Crippen LogP contribution is -2.48. The Balaban J connectivity index is 1.39. The molecular weight excluding hydrogens is 409 g/mol. The van der Waals surface area contributed by atoms with Crippen molar-refractivity contribution in [2.24, 2.45) is 0 Å². The van der Waals surface area contributed by atoms with Crippen molar-refractivity contribution >= 4 is 11.6 Å². The number of likely N-dealkylation sites (tertiary alicyclic amines) is 1. The Bertz CT molecular complexity index is 955. The van der Waals surface area contributed by atoms with Crippen LogP contribution in [0.3, 0.4) is 0 Å². The third-order valence-corrected chi connectivity index (χ3v) is 6.12. The number of benzene rings is 2. The third-order valence-electron chi connectivity index (χ3n) is 6.12. The van der Waals surface area contributed by atoms with Crippen LogP contribution >= 0.6 is 0 Å². The van der Waals surface area contributed by atoms with Crippen LogP contribution in [-0.2, 0) is 16.8 Å². The second-order valence-corrected chi connectivity index (χ2v) is 8.33. The number of piperidine rings is 1. The SMILES string of the molecule is C[C@@H]1Cc2ccccc2N1C(=O)CN1CCC(O)(c2cccc(OC(F)(F)F)c2)CC1. The second-order valence-electron chi connectivity index (χ2n) is 8.33. The summed E-state index contributed by atoms with van der Waals surface area (Å²) in [5.41, 5.74) is 1.26. The highest BCUT2D eigenvalue weighted by molar-refractivity contribution is 5.97. The molecule has 1 saturated heterocycles. The number of fused-ring (bicyclic) bond motifs is 1. The van der Waals surface area contributed by atoms with E-state index in [1.807, 2.05) is 41.0 Å². The normalized spacial score (nSPS) is 21.1. The number of amides is 1. The molecule has 0 radical (unpaired) electrons. The molecule has 31 heavy (non-hydrogen) atoms. The fourth-order valence-corrected chi connectivity index (χ4v) is 4.57. The Hall–Kier alpha value is -2.58. The van der Waals surface area contributed by atoms with E-state index in [9.17, 15) is 23.1 Å². The highest BCUT2D eigenvalue weighted by Gasteiger charge is 2.37. The van der Waals surface area contributed by atoms with E-state index in [1.165, 1.54) is 18.2 Å². The number of rotatable bonds is 4. The number of halogens is 3. The number of ether oxygens (including phenoxy) is 1. The molecule has 2 heterocycles. The summed E-state index contributed by atoms with van der Waals surface area (Å²) >= 11 is 0. The molecule has 0 bridgehead atoms. The molecule has 1 amide bonds. The molecule has 1 fully saturated rings. The fourth-order valence-electron chi connectivity index (χ4n) is 4.57. The van der Waals surface area contributed by atoms with E-state index in [0.29, 0.717) is 31.5 Å². The van der Waals surface area contributed by atoms with Crippen molar-refractivity contribution < 1.29 is 27.8 Å². The third kappa shape index (κ3) is 4.70. The van der Waals surface area contributed by atoms with Crippen LogP contribution < -0.4 is 9.64 Å². The van der Waals surface area contributed by atoms with Crippen molar-refractivity contribution in [3.63, 3.8) is 0 Å². The van der Waals surface area contributed by atoms with Crippen LogP contribution in [0.5, 0.6) is 5.75 Å². The first-order chi connectivity index (χ1) is 14.6. The van der Waals surface area contributed by atoms with Gasteiger partial charge >= 0.3 is 6.36 Å². The first-order valence-corrected chi connectivity index (χ1v) is 10.4. The fraction of sp³-hybridized carbons (Fsp3) is 0.435. The summed E-state index contributed by atoms with van der Waals surface area (Å²) < 4.78 is 41.5. The van der Waals surface area contributed by atoms with Crippen molar-refractivity contribution in [1.29, 1.82) is 0 Å². The number of nitrogens with zero attached hydrogens (tertiary/aromatic N) is 2. The van der Waals surface area contributed by atoms with Crippen LogP contribution in [0.25, 0.3) is 0 Å². The number of carbonyl (C=O) groups is 1. The van der Waals surface area contributed by atoms with Crippen molar-refractivity contribution in [2.75, 3.05) is 24.5 Å². The molecule has 2 aromatic rings. The zero-order valence-electron chi connectivity index (χ0n) is 17.2. The molecular formula is C23H25F3N2O3. The lowest BCUT2D eigenvalue weighted by Gasteiger charge is -2.39. The van der Waals surface area contributed by atoms with E-state index in [-0.39, 0.29) is 24.2 Å². The molecule has 0 aromatic heterocycles. The first kappa shape index (κ1) is 21.6. The van der Waals surface area contributed by atoms with E-state index < -0.39 is 12.0 Å². The number of aliphatic hydroxyl groups is 1. The summed E-state index contributed by atoms with van der Waals surface area (Å²) in [5.74, 6) is -0.332. The van der Waals surface area contributed by atoms with Gasteiger partial charge in [-0.25, -0.2) is 0 Å². The number of hydrogen-bond acceptors (Lipinski definition) is 4. The quantitative estimate of drug-likeness (QED) is 0.795. The Labute approximate surface area is 179 Å². The topological polar surface area (TPSA) is 53.0 Å². The van der Waals surface area contributed by atoms with Crippen molar-refractivity contribution in [3.8, 4) is 5.75 Å². The van der Waals surface area contributed by atoms with Crippen LogP contribution in [0.4, 0.5) is 18.9 Å². The van der Waals surface area contributed by atoms with Gasteiger partial charge in [0, 0.05) is 24.8 Å². The minimum absolute atomic E-state index is 0.0171. The van der Waals surface area contributed by atoms with Gasteiger partial charge in [-0.05, 0) is 55.5 Å². The summed E-state index contributed by atoms with van der Waals surface area (Å²) in [4.78, 5) is 16.8. The van der Waals surface area contributed by atoms with Gasteiger partial charge in [0.25, 0.3) is 0 Å². The highest BCUT2D eigenvalue weighted by atomic mass is 19.4. The number of anilines is 1. The molecule has 2 aromatic carbocycles. The van der Waals surface area contributed by atoms with E-state index in [1.54, 1.807) is 6.07 Å². The standard InChI is InChI=1S/C23H25F3N2O3/c1-16-13-17-5-2-3-8-20(17)28(16)21(29)15-27-11-9-22(30,10-12-27)18-6-4-7-19(14-18)31-23(24,25)26/h2-8,14,16,30H,9-13,15H2,1H3/t16-/m1/s1. The zero-order valence-corrected chi connectivity index (χ0v) is 17.2. The summed E-state index contributed by atoms with van der Waals surface area (Å²) in [6, 6.07) is 13.5. The monoisotopic (exact) mass is 434 g/mol. The van der Waals surface area contributed by atoms with Gasteiger partial charge in [0.15, 0.2) is 0 Å². The lowest BCUT2D eigenvalue weighted by atomic mass is 9.84. The molecule has 1 N–H and O–H groups in total. The number of alkyl halides is 3. The maximum Gasteiger partial charge on any atom is 0.573 e. The molecule has 0 aliphatic carbocycles. The van der Waals surface area contributed by atoms with Gasteiger partial charge in [-0.15, -0.1) is 13.2 Å². The molecule has 0 unspecified atom stereocenters. The van der Waals surface area contributed by atoms with E-state index in [4.69, 9.17) is 0 Å². The largest absolute Gasteiger partial charge is 0.573 e. The van der Waals surface area contributed by atoms with Gasteiger partial charge in [-0.1, -0.05) is 30.3 Å². The average Bonchev–Trinajstić information content (AvgIpc) is 3.04. The predicted molar refractivity (Wildman–Crippen MR) is 110 cm³/mol. The minimum Gasteiger partial charge on any atom is -0.406 e. The summed E-state index contributed by atoms with van der Waals surface area (Å²) in [7, 11) is 0. The molecule has 1 atom stereocenters. The average molecular weight is 434 g/mol. The van der Waals surface area contributed by atoms with E-state index in [0.717, 1.165) is 17.7 Å². The smallest absolute Gasteiger partial charge is 0.406 e. The van der Waals surface area contributed by atoms with Gasteiger partial charge in [0.2, 0.25) is 5.91 Å². The Morgan fingerprint density at radius 2 is 1.87 bits per heavy atom. The minimum atomic E-state index is -4.78. The van der Waals surface area contributed by atoms with Crippen LogP contribution in [0.2, 0.25) is 0 Å². The Morgan fingerprint density at radius 3 is 2.58 bits per heavy atom. The van der Waals surface area contributed by atoms with Crippen molar-refractivity contribution in [1.82, 2.24) is 4.90 Å². The van der Waals surface area contributed by atoms with Crippen LogP contribution in [0.15, 0.2) is 48.5 Å². The molecule has 2 aliphatic heterocycles. The summed E-state index contributed by atoms with van der Waals surface area (Å²) in [5, 5.41) is 11.0. The Kier molecular flexibility index (Phi) is 5.70. The van der Waals surface area contributed by atoms with Gasteiger partial charge in [-0.3, -0.25) is 9.69 Å². The van der Waals surface area contributed by atoms with Crippen LogP contribution in [0.1, 0.15) is 30.9 Å². The van der Waals surface area contributed by atoms with Crippen LogP contribution in [0, 0.1) is 0 Å². The zero-order chi connectivity index (χ0) is 22.2. The highest BCUT2D eigenvalue weighted by Crippen LogP contribution is 2.36.